The lowest BCUT2D eigenvalue weighted by Gasteiger charge is -2.09. The summed E-state index contributed by atoms with van der Waals surface area (Å²) < 4.78 is 15.7. The Labute approximate surface area is 140 Å². The van der Waals surface area contributed by atoms with E-state index in [0.29, 0.717) is 22.6 Å². The minimum atomic E-state index is -0.468. The van der Waals surface area contributed by atoms with E-state index in [2.05, 4.69) is 0 Å². The number of hydrogen-bond acceptors (Lipinski definition) is 5. The van der Waals surface area contributed by atoms with Crippen molar-refractivity contribution in [2.24, 2.45) is 0 Å². The molecule has 0 fully saturated rings. The Morgan fingerprint density at radius 2 is 1.88 bits per heavy atom. The molecule has 5 nitrogen and oxygen atoms in total. The maximum Gasteiger partial charge on any atom is 0.331 e. The van der Waals surface area contributed by atoms with Crippen LogP contribution in [0.25, 0.3) is 6.08 Å². The standard InChI is InChI=1S/C19H17NO4/c1-22-17-5-3-4-16(19(17)23-2)10-11-18(21)24-13-15-8-6-14(12-20)7-9-15/h3-11H,13H2,1-2H3. The van der Waals surface area contributed by atoms with Gasteiger partial charge in [0.25, 0.3) is 0 Å². The van der Waals surface area contributed by atoms with Crippen molar-refractivity contribution in [1.29, 1.82) is 5.26 Å². The summed E-state index contributed by atoms with van der Waals surface area (Å²) in [5.41, 5.74) is 2.09. The topological polar surface area (TPSA) is 68.5 Å². The van der Waals surface area contributed by atoms with Crippen LogP contribution in [0, 0.1) is 11.3 Å². The van der Waals surface area contributed by atoms with Crippen LogP contribution in [0.5, 0.6) is 11.5 Å². The van der Waals surface area contributed by atoms with E-state index >= 15 is 0 Å². The van der Waals surface area contributed by atoms with E-state index in [1.165, 1.54) is 6.08 Å². The van der Waals surface area contributed by atoms with Gasteiger partial charge in [0, 0.05) is 11.6 Å². The highest BCUT2D eigenvalue weighted by atomic mass is 16.5. The third-order valence-electron chi connectivity index (χ3n) is 3.30. The maximum absolute atomic E-state index is 11.8. The second kappa shape index (κ2) is 8.39. The molecule has 0 saturated carbocycles. The smallest absolute Gasteiger partial charge is 0.331 e. The molecule has 0 saturated heterocycles. The van der Waals surface area contributed by atoms with Gasteiger partial charge in [-0.25, -0.2) is 4.79 Å². The molecular weight excluding hydrogens is 306 g/mol. The van der Waals surface area contributed by atoms with Crippen molar-refractivity contribution in [3.8, 4) is 17.6 Å². The summed E-state index contributed by atoms with van der Waals surface area (Å²) in [5.74, 6) is 0.672. The van der Waals surface area contributed by atoms with Crippen LogP contribution in [0.2, 0.25) is 0 Å². The average Bonchev–Trinajstić information content (AvgIpc) is 2.64. The predicted octanol–water partition coefficient (Wildman–Crippen LogP) is 3.33. The second-order valence-corrected chi connectivity index (χ2v) is 4.83. The van der Waals surface area contributed by atoms with Gasteiger partial charge in [-0.1, -0.05) is 24.3 Å². The average molecular weight is 323 g/mol. The summed E-state index contributed by atoms with van der Waals surface area (Å²) >= 11 is 0. The van der Waals surface area contributed by atoms with E-state index < -0.39 is 5.97 Å². The molecule has 2 aromatic carbocycles. The monoisotopic (exact) mass is 323 g/mol. The lowest BCUT2D eigenvalue weighted by Crippen LogP contribution is -2.01. The van der Waals surface area contributed by atoms with Gasteiger partial charge < -0.3 is 14.2 Å². The fourth-order valence-corrected chi connectivity index (χ4v) is 2.08. The molecule has 0 N–H and O–H groups in total. The summed E-state index contributed by atoms with van der Waals surface area (Å²) in [6.45, 7) is 0.143. The van der Waals surface area contributed by atoms with Crippen LogP contribution in [0.15, 0.2) is 48.5 Å². The zero-order valence-electron chi connectivity index (χ0n) is 13.5. The molecule has 0 atom stereocenters. The zero-order valence-corrected chi connectivity index (χ0v) is 13.5. The van der Waals surface area contributed by atoms with Gasteiger partial charge in [0.15, 0.2) is 11.5 Å². The number of nitriles is 1. The molecular formula is C19H17NO4. The number of ether oxygens (including phenoxy) is 3. The molecule has 2 rings (SSSR count). The van der Waals surface area contributed by atoms with Gasteiger partial charge in [0.2, 0.25) is 0 Å². The van der Waals surface area contributed by atoms with E-state index in [0.717, 1.165) is 5.56 Å². The van der Waals surface area contributed by atoms with Crippen molar-refractivity contribution in [1.82, 2.24) is 0 Å². The molecule has 122 valence electrons. The first-order chi connectivity index (χ1) is 11.7. The predicted molar refractivity (Wildman–Crippen MR) is 89.5 cm³/mol. The molecule has 0 radical (unpaired) electrons. The summed E-state index contributed by atoms with van der Waals surface area (Å²) in [6.07, 6.45) is 2.95. The summed E-state index contributed by atoms with van der Waals surface area (Å²) in [6, 6.07) is 14.3. The third kappa shape index (κ3) is 4.37. The Kier molecular flexibility index (Phi) is 5.98. The number of carbonyl (C=O) groups excluding carboxylic acids is 1. The van der Waals surface area contributed by atoms with Crippen molar-refractivity contribution in [2.45, 2.75) is 6.61 Å². The quantitative estimate of drug-likeness (QED) is 0.602. The van der Waals surface area contributed by atoms with Crippen LogP contribution in [0.3, 0.4) is 0 Å². The third-order valence-corrected chi connectivity index (χ3v) is 3.30. The number of nitrogens with zero attached hydrogens (tertiary/aromatic N) is 1. The molecule has 0 bridgehead atoms. The highest BCUT2D eigenvalue weighted by molar-refractivity contribution is 5.87. The Morgan fingerprint density at radius 1 is 1.12 bits per heavy atom. The summed E-state index contributed by atoms with van der Waals surface area (Å²) in [4.78, 5) is 11.8. The SMILES string of the molecule is COc1cccc(C=CC(=O)OCc2ccc(C#N)cc2)c1OC. The molecule has 0 aromatic heterocycles. The van der Waals surface area contributed by atoms with Gasteiger partial charge in [-0.15, -0.1) is 0 Å². The fourth-order valence-electron chi connectivity index (χ4n) is 2.08. The molecule has 0 spiro atoms. The number of carbonyl (C=O) groups is 1. The van der Waals surface area contributed by atoms with Crippen molar-refractivity contribution >= 4 is 12.0 Å². The van der Waals surface area contributed by atoms with Crippen LogP contribution < -0.4 is 9.47 Å². The van der Waals surface area contributed by atoms with Gasteiger partial charge in [0.05, 0.1) is 25.9 Å². The molecule has 0 aliphatic rings. The highest BCUT2D eigenvalue weighted by Gasteiger charge is 2.07. The van der Waals surface area contributed by atoms with Crippen molar-refractivity contribution in [3.63, 3.8) is 0 Å². The van der Waals surface area contributed by atoms with Crippen molar-refractivity contribution in [2.75, 3.05) is 14.2 Å². The normalized spacial score (nSPS) is 10.2. The lowest BCUT2D eigenvalue weighted by atomic mass is 10.1. The first-order valence-electron chi connectivity index (χ1n) is 7.22. The number of para-hydroxylation sites is 1. The lowest BCUT2D eigenvalue weighted by molar-refractivity contribution is -0.138. The Morgan fingerprint density at radius 3 is 2.50 bits per heavy atom. The molecule has 0 amide bonds. The fraction of sp³-hybridized carbons (Fsp3) is 0.158. The van der Waals surface area contributed by atoms with Gasteiger partial charge in [-0.2, -0.15) is 5.26 Å². The summed E-state index contributed by atoms with van der Waals surface area (Å²) in [5, 5.41) is 8.74. The highest BCUT2D eigenvalue weighted by Crippen LogP contribution is 2.31. The van der Waals surface area contributed by atoms with Crippen LogP contribution in [-0.4, -0.2) is 20.2 Å². The van der Waals surface area contributed by atoms with Crippen molar-refractivity contribution in [3.05, 3.63) is 65.2 Å². The van der Waals surface area contributed by atoms with E-state index in [4.69, 9.17) is 19.5 Å². The van der Waals surface area contributed by atoms with E-state index in [1.54, 1.807) is 50.6 Å². The largest absolute Gasteiger partial charge is 0.493 e. The number of rotatable bonds is 6. The van der Waals surface area contributed by atoms with Crippen LogP contribution >= 0.6 is 0 Å². The van der Waals surface area contributed by atoms with Gasteiger partial charge in [0.1, 0.15) is 6.61 Å². The Balaban J connectivity index is 1.99. The molecule has 0 aliphatic carbocycles. The number of benzene rings is 2. The number of esters is 1. The van der Waals surface area contributed by atoms with Crippen LogP contribution in [0.1, 0.15) is 16.7 Å². The van der Waals surface area contributed by atoms with Gasteiger partial charge in [-0.05, 0) is 29.8 Å². The minimum Gasteiger partial charge on any atom is -0.493 e. The van der Waals surface area contributed by atoms with Gasteiger partial charge in [-0.3, -0.25) is 0 Å². The first kappa shape index (κ1) is 17.1. The molecule has 0 aliphatic heterocycles. The summed E-state index contributed by atoms with van der Waals surface area (Å²) in [7, 11) is 3.09. The zero-order chi connectivity index (χ0) is 17.4. The molecule has 0 heterocycles. The molecule has 24 heavy (non-hydrogen) atoms. The number of methoxy groups -OCH3 is 2. The second-order valence-electron chi connectivity index (χ2n) is 4.83. The first-order valence-corrected chi connectivity index (χ1v) is 7.22. The van der Waals surface area contributed by atoms with Crippen LogP contribution in [0.4, 0.5) is 0 Å². The Bertz CT molecular complexity index is 773. The molecule has 2 aromatic rings. The van der Waals surface area contributed by atoms with Gasteiger partial charge >= 0.3 is 5.97 Å². The Hall–Kier alpha value is -3.26. The van der Waals surface area contributed by atoms with Crippen molar-refractivity contribution < 1.29 is 19.0 Å². The van der Waals surface area contributed by atoms with E-state index in [-0.39, 0.29) is 6.61 Å². The number of hydrogen-bond donors (Lipinski definition) is 0. The van der Waals surface area contributed by atoms with E-state index in [1.807, 2.05) is 18.2 Å². The molecule has 0 unspecified atom stereocenters. The van der Waals surface area contributed by atoms with E-state index in [9.17, 15) is 4.79 Å². The van der Waals surface area contributed by atoms with Crippen LogP contribution in [-0.2, 0) is 16.1 Å². The minimum absolute atomic E-state index is 0.143. The molecule has 5 heteroatoms. The maximum atomic E-state index is 11.8.